The fourth-order valence-electron chi connectivity index (χ4n) is 2.92. The number of carbonyl (C=O) groups excluding carboxylic acids is 1. The molecule has 0 aliphatic carbocycles. The van der Waals surface area contributed by atoms with Crippen LogP contribution < -0.4 is 5.32 Å². The largest absolute Gasteiger partial charge is 0.310 e. The molecule has 0 saturated carbocycles. The van der Waals surface area contributed by atoms with E-state index in [-0.39, 0.29) is 11.2 Å². The monoisotopic (exact) mass is 355 g/mol. The van der Waals surface area contributed by atoms with E-state index in [2.05, 4.69) is 41.9 Å². The molecule has 4 rings (SSSR count). The van der Waals surface area contributed by atoms with Gasteiger partial charge < -0.3 is 5.32 Å². The summed E-state index contributed by atoms with van der Waals surface area (Å²) < 4.78 is 1.86. The van der Waals surface area contributed by atoms with Crippen molar-refractivity contribution in [1.29, 1.82) is 0 Å². The first-order chi connectivity index (χ1) is 11.6. The molecule has 2 aromatic heterocycles. The van der Waals surface area contributed by atoms with Gasteiger partial charge in [0.1, 0.15) is 5.82 Å². The average molecular weight is 355 g/mol. The first-order valence-electron chi connectivity index (χ1n) is 7.75. The smallest absolute Gasteiger partial charge is 0.235 e. The second-order valence-electron chi connectivity index (χ2n) is 5.85. The first-order valence-corrected chi connectivity index (χ1v) is 9.68. The minimum absolute atomic E-state index is 0.0218. The van der Waals surface area contributed by atoms with Crippen LogP contribution in [-0.2, 0) is 4.79 Å². The molecule has 0 fully saturated rings. The zero-order valence-electron chi connectivity index (χ0n) is 13.4. The molecule has 1 aliphatic rings. The number of thiophene rings is 1. The number of aromatic nitrogens is 2. The molecule has 0 bridgehead atoms. The highest BCUT2D eigenvalue weighted by atomic mass is 32.2. The number of nitrogens with zero attached hydrogens (tertiary/aromatic N) is 2. The van der Waals surface area contributed by atoms with Crippen molar-refractivity contribution in [2.24, 2.45) is 0 Å². The number of rotatable bonds is 2. The predicted octanol–water partition coefficient (Wildman–Crippen LogP) is 4.33. The van der Waals surface area contributed by atoms with E-state index >= 15 is 0 Å². The van der Waals surface area contributed by atoms with Crippen molar-refractivity contribution < 1.29 is 4.79 Å². The summed E-state index contributed by atoms with van der Waals surface area (Å²) in [5.74, 6) is 1.27. The quantitative estimate of drug-likeness (QED) is 0.744. The lowest BCUT2D eigenvalue weighted by atomic mass is 10.1. The third-order valence-corrected chi connectivity index (χ3v) is 6.43. The topological polar surface area (TPSA) is 46.9 Å². The molecule has 0 spiro atoms. The van der Waals surface area contributed by atoms with E-state index in [0.717, 1.165) is 22.8 Å². The standard InChI is InChI=1S/C18H17N3OS2/c1-11-5-7-13(8-6-11)21-18-16(12(2)20-21)17(14-4-3-9-23-14)24-10-15(22)19-18/h3-9,17H,10H2,1-2H3,(H,19,22). The van der Waals surface area contributed by atoms with Gasteiger partial charge in [-0.2, -0.15) is 5.10 Å². The predicted molar refractivity (Wildman–Crippen MR) is 100 cm³/mol. The van der Waals surface area contributed by atoms with Gasteiger partial charge in [-0.3, -0.25) is 4.79 Å². The van der Waals surface area contributed by atoms with Crippen LogP contribution in [-0.4, -0.2) is 21.4 Å². The average Bonchev–Trinajstić information content (AvgIpc) is 3.15. The van der Waals surface area contributed by atoms with Crippen molar-refractivity contribution in [1.82, 2.24) is 9.78 Å². The van der Waals surface area contributed by atoms with Gasteiger partial charge in [0.2, 0.25) is 5.91 Å². The zero-order chi connectivity index (χ0) is 16.7. The molecular weight excluding hydrogens is 338 g/mol. The summed E-state index contributed by atoms with van der Waals surface area (Å²) in [7, 11) is 0. The van der Waals surface area contributed by atoms with Crippen LogP contribution in [0, 0.1) is 13.8 Å². The first kappa shape index (κ1) is 15.5. The maximum atomic E-state index is 12.2. The van der Waals surface area contributed by atoms with Crippen molar-refractivity contribution in [3.05, 3.63) is 63.5 Å². The molecule has 24 heavy (non-hydrogen) atoms. The van der Waals surface area contributed by atoms with E-state index in [1.54, 1.807) is 23.1 Å². The Morgan fingerprint density at radius 3 is 2.71 bits per heavy atom. The van der Waals surface area contributed by atoms with E-state index in [4.69, 9.17) is 5.10 Å². The number of nitrogens with one attached hydrogen (secondary N) is 1. The molecule has 6 heteroatoms. The molecule has 1 N–H and O–H groups in total. The summed E-state index contributed by atoms with van der Waals surface area (Å²) in [6.45, 7) is 4.08. The summed E-state index contributed by atoms with van der Waals surface area (Å²) in [6.07, 6.45) is 0. The second kappa shape index (κ2) is 6.11. The highest BCUT2D eigenvalue weighted by molar-refractivity contribution is 8.00. The number of thioether (sulfide) groups is 1. The molecular formula is C18H17N3OS2. The zero-order valence-corrected chi connectivity index (χ0v) is 15.1. The van der Waals surface area contributed by atoms with Gasteiger partial charge in [0.05, 0.1) is 22.4 Å². The van der Waals surface area contributed by atoms with Crippen molar-refractivity contribution in [3.8, 4) is 5.69 Å². The van der Waals surface area contributed by atoms with Crippen LogP contribution in [0.3, 0.4) is 0 Å². The molecule has 122 valence electrons. The van der Waals surface area contributed by atoms with Gasteiger partial charge in [-0.1, -0.05) is 23.8 Å². The van der Waals surface area contributed by atoms with Crippen molar-refractivity contribution >= 4 is 34.8 Å². The minimum Gasteiger partial charge on any atom is -0.310 e. The van der Waals surface area contributed by atoms with Crippen LogP contribution in [0.2, 0.25) is 0 Å². The Morgan fingerprint density at radius 2 is 2.00 bits per heavy atom. The summed E-state index contributed by atoms with van der Waals surface area (Å²) in [5.41, 5.74) is 4.22. The van der Waals surface area contributed by atoms with Gasteiger partial charge in [0.15, 0.2) is 0 Å². The van der Waals surface area contributed by atoms with Gasteiger partial charge in [-0.15, -0.1) is 23.1 Å². The lowest BCUT2D eigenvalue weighted by Crippen LogP contribution is -2.15. The lowest BCUT2D eigenvalue weighted by Gasteiger charge is -2.13. The van der Waals surface area contributed by atoms with Crippen LogP contribution in [0.1, 0.15) is 26.9 Å². The third kappa shape index (κ3) is 2.65. The molecule has 0 saturated heterocycles. The number of amides is 1. The molecule has 3 heterocycles. The third-order valence-electron chi connectivity index (χ3n) is 4.09. The van der Waals surface area contributed by atoms with Gasteiger partial charge >= 0.3 is 0 Å². The van der Waals surface area contributed by atoms with E-state index in [9.17, 15) is 4.79 Å². The Hall–Kier alpha value is -2.05. The van der Waals surface area contributed by atoms with Gasteiger partial charge in [0, 0.05) is 10.4 Å². The van der Waals surface area contributed by atoms with Crippen molar-refractivity contribution in [3.63, 3.8) is 0 Å². The number of anilines is 1. The number of carbonyl (C=O) groups is 1. The molecule has 1 atom stereocenters. The molecule has 1 unspecified atom stereocenters. The molecule has 3 aromatic rings. The summed E-state index contributed by atoms with van der Waals surface area (Å²) >= 11 is 3.39. The van der Waals surface area contributed by atoms with Gasteiger partial charge in [-0.05, 0) is 37.4 Å². The van der Waals surface area contributed by atoms with Crippen molar-refractivity contribution in [2.45, 2.75) is 19.1 Å². The van der Waals surface area contributed by atoms with Crippen LogP contribution in [0.4, 0.5) is 5.82 Å². The fourth-order valence-corrected chi connectivity index (χ4v) is 5.09. The Kier molecular flexibility index (Phi) is 3.94. The van der Waals surface area contributed by atoms with Crippen LogP contribution in [0.25, 0.3) is 5.69 Å². The normalized spacial score (nSPS) is 17.2. The maximum absolute atomic E-state index is 12.2. The molecule has 0 radical (unpaired) electrons. The van der Waals surface area contributed by atoms with Crippen LogP contribution in [0.5, 0.6) is 0 Å². The number of hydrogen-bond acceptors (Lipinski definition) is 4. The summed E-state index contributed by atoms with van der Waals surface area (Å²) in [6, 6.07) is 12.4. The van der Waals surface area contributed by atoms with Crippen LogP contribution >= 0.6 is 23.1 Å². The number of aryl methyl sites for hydroxylation is 2. The van der Waals surface area contributed by atoms with E-state index in [1.165, 1.54) is 10.4 Å². The molecule has 1 aliphatic heterocycles. The van der Waals surface area contributed by atoms with Gasteiger partial charge in [0.25, 0.3) is 0 Å². The molecule has 1 amide bonds. The van der Waals surface area contributed by atoms with E-state index in [0.29, 0.717) is 5.75 Å². The van der Waals surface area contributed by atoms with E-state index < -0.39 is 0 Å². The van der Waals surface area contributed by atoms with Crippen molar-refractivity contribution in [2.75, 3.05) is 11.1 Å². The minimum atomic E-state index is 0.0218. The Labute approximate surface area is 148 Å². The maximum Gasteiger partial charge on any atom is 0.235 e. The highest BCUT2D eigenvalue weighted by Crippen LogP contribution is 2.45. The fraction of sp³-hybridized carbons (Fsp3) is 0.222. The highest BCUT2D eigenvalue weighted by Gasteiger charge is 2.30. The van der Waals surface area contributed by atoms with E-state index in [1.807, 2.05) is 23.7 Å². The Balaban J connectivity index is 1.89. The second-order valence-corrected chi connectivity index (χ2v) is 7.92. The lowest BCUT2D eigenvalue weighted by molar-refractivity contribution is -0.113. The Bertz CT molecular complexity index is 882. The summed E-state index contributed by atoms with van der Waals surface area (Å²) in [5, 5.41) is 10.00. The van der Waals surface area contributed by atoms with Gasteiger partial charge in [-0.25, -0.2) is 4.68 Å². The number of fused-ring (bicyclic) bond motifs is 1. The number of benzene rings is 1. The summed E-state index contributed by atoms with van der Waals surface area (Å²) in [4.78, 5) is 13.5. The van der Waals surface area contributed by atoms with Crippen LogP contribution in [0.15, 0.2) is 41.8 Å². The SMILES string of the molecule is Cc1ccc(-n2nc(C)c3c2NC(=O)CSC3c2cccs2)cc1. The molecule has 1 aromatic carbocycles. The molecule has 4 nitrogen and oxygen atoms in total. The Morgan fingerprint density at radius 1 is 1.21 bits per heavy atom. The number of hydrogen-bond donors (Lipinski definition) is 1.